The number of benzene rings is 2. The topological polar surface area (TPSA) is 28.7 Å². The Balaban J connectivity index is 1.86. The molecule has 4 rings (SSSR count). The van der Waals surface area contributed by atoms with Gasteiger partial charge < -0.3 is 0 Å². The van der Waals surface area contributed by atoms with Gasteiger partial charge in [0, 0.05) is 22.7 Å². The van der Waals surface area contributed by atoms with Gasteiger partial charge in [0.05, 0.1) is 5.69 Å². The van der Waals surface area contributed by atoms with Crippen LogP contribution in [0.4, 0.5) is 0 Å². The molecular weight excluding hydrogens is 280 g/mol. The Kier molecular flexibility index (Phi) is 3.48. The number of nitrogens with zero attached hydrogens (tertiary/aromatic N) is 1. The van der Waals surface area contributed by atoms with Gasteiger partial charge in [-0.05, 0) is 41.5 Å². The van der Waals surface area contributed by atoms with Crippen molar-refractivity contribution >= 4 is 10.8 Å². The van der Waals surface area contributed by atoms with Crippen molar-refractivity contribution in [3.63, 3.8) is 0 Å². The number of nitrogens with one attached hydrogen (secondary N) is 1. The van der Waals surface area contributed by atoms with Crippen molar-refractivity contribution in [3.05, 3.63) is 53.7 Å². The van der Waals surface area contributed by atoms with Crippen molar-refractivity contribution in [3.8, 4) is 11.3 Å². The third-order valence-electron chi connectivity index (χ3n) is 5.44. The molecular formula is C21H24N2. The first-order chi connectivity index (χ1) is 11.1. The van der Waals surface area contributed by atoms with Crippen LogP contribution in [0.15, 0.2) is 42.5 Å². The highest BCUT2D eigenvalue weighted by atomic mass is 15.1. The molecule has 0 amide bonds. The van der Waals surface area contributed by atoms with Crippen LogP contribution in [0.3, 0.4) is 0 Å². The Morgan fingerprint density at radius 2 is 1.83 bits per heavy atom. The van der Waals surface area contributed by atoms with Gasteiger partial charge in [-0.25, -0.2) is 0 Å². The highest BCUT2D eigenvalue weighted by molar-refractivity contribution is 5.87. The van der Waals surface area contributed by atoms with E-state index in [0.29, 0.717) is 17.8 Å². The predicted octanol–water partition coefficient (Wildman–Crippen LogP) is 5.87. The molecule has 0 aliphatic heterocycles. The highest BCUT2D eigenvalue weighted by Crippen LogP contribution is 2.45. The number of fused-ring (bicyclic) bond motifs is 2. The zero-order valence-corrected chi connectivity index (χ0v) is 14.1. The summed E-state index contributed by atoms with van der Waals surface area (Å²) in [5.41, 5.74) is 5.22. The first kappa shape index (κ1) is 14.5. The molecule has 2 aromatic carbocycles. The van der Waals surface area contributed by atoms with Gasteiger partial charge in [-0.2, -0.15) is 5.10 Å². The molecule has 0 radical (unpaired) electrons. The number of hydrogen-bond donors (Lipinski definition) is 1. The Labute approximate surface area is 137 Å². The van der Waals surface area contributed by atoms with Crippen LogP contribution in [-0.4, -0.2) is 10.2 Å². The van der Waals surface area contributed by atoms with Gasteiger partial charge in [-0.1, -0.05) is 57.2 Å². The predicted molar refractivity (Wildman–Crippen MR) is 96.8 cm³/mol. The Hall–Kier alpha value is -2.09. The van der Waals surface area contributed by atoms with E-state index in [1.807, 2.05) is 0 Å². The summed E-state index contributed by atoms with van der Waals surface area (Å²) in [5.74, 6) is 1.86. The van der Waals surface area contributed by atoms with Crippen LogP contribution in [0.2, 0.25) is 0 Å². The maximum absolute atomic E-state index is 4.73. The van der Waals surface area contributed by atoms with Crippen LogP contribution < -0.4 is 0 Å². The van der Waals surface area contributed by atoms with E-state index >= 15 is 0 Å². The van der Waals surface area contributed by atoms with Gasteiger partial charge in [0.25, 0.3) is 0 Å². The Bertz CT molecular complexity index is 844. The molecule has 118 valence electrons. The molecule has 1 heterocycles. The van der Waals surface area contributed by atoms with Gasteiger partial charge in [-0.3, -0.25) is 5.10 Å². The fourth-order valence-electron chi connectivity index (χ4n) is 4.09. The number of H-pyrrole nitrogens is 1. The summed E-state index contributed by atoms with van der Waals surface area (Å²) in [6, 6.07) is 15.2. The van der Waals surface area contributed by atoms with Crippen LogP contribution in [0.5, 0.6) is 0 Å². The van der Waals surface area contributed by atoms with E-state index in [1.165, 1.54) is 40.4 Å². The quantitative estimate of drug-likeness (QED) is 0.630. The van der Waals surface area contributed by atoms with E-state index in [1.54, 1.807) is 0 Å². The Morgan fingerprint density at radius 1 is 1.04 bits per heavy atom. The second-order valence-electron chi connectivity index (χ2n) is 7.29. The molecule has 2 unspecified atom stereocenters. The lowest BCUT2D eigenvalue weighted by atomic mass is 9.75. The first-order valence-electron chi connectivity index (χ1n) is 8.72. The number of aromatic nitrogens is 2. The third kappa shape index (κ3) is 2.37. The van der Waals surface area contributed by atoms with Crippen LogP contribution in [0.1, 0.15) is 56.7 Å². The smallest absolute Gasteiger partial charge is 0.0958 e. The molecule has 2 heteroatoms. The maximum atomic E-state index is 4.73. The van der Waals surface area contributed by atoms with Crippen molar-refractivity contribution in [2.24, 2.45) is 5.92 Å². The van der Waals surface area contributed by atoms with Crippen molar-refractivity contribution in [2.75, 3.05) is 0 Å². The van der Waals surface area contributed by atoms with Crippen LogP contribution in [0, 0.1) is 5.92 Å². The molecule has 1 aliphatic rings. The third-order valence-corrected chi connectivity index (χ3v) is 5.44. The fraction of sp³-hybridized carbons (Fsp3) is 0.381. The van der Waals surface area contributed by atoms with Gasteiger partial charge in [0.15, 0.2) is 0 Å². The average molecular weight is 304 g/mol. The molecule has 2 nitrogen and oxygen atoms in total. The number of rotatable bonds is 2. The summed E-state index contributed by atoms with van der Waals surface area (Å²) in [7, 11) is 0. The Morgan fingerprint density at radius 3 is 2.61 bits per heavy atom. The molecule has 1 aliphatic carbocycles. The summed E-state index contributed by atoms with van der Waals surface area (Å²) in [6.07, 6.45) is 2.53. The summed E-state index contributed by atoms with van der Waals surface area (Å²) < 4.78 is 0. The molecule has 3 aromatic rings. The van der Waals surface area contributed by atoms with Gasteiger partial charge in [0.1, 0.15) is 0 Å². The normalized spacial score (nSPS) is 20.9. The first-order valence-corrected chi connectivity index (χ1v) is 8.72. The molecule has 0 saturated carbocycles. The SMILES string of the molecule is CC1CCC(C(C)C)c2[nH]nc(-c3ccc4ccccc4c3)c21. The molecule has 0 saturated heterocycles. The van der Waals surface area contributed by atoms with Crippen LogP contribution >= 0.6 is 0 Å². The van der Waals surface area contributed by atoms with Crippen LogP contribution in [0.25, 0.3) is 22.0 Å². The monoisotopic (exact) mass is 304 g/mol. The molecule has 0 fully saturated rings. The summed E-state index contributed by atoms with van der Waals surface area (Å²) in [5, 5.41) is 10.7. The molecule has 1 N–H and O–H groups in total. The van der Waals surface area contributed by atoms with Crippen LogP contribution in [-0.2, 0) is 0 Å². The van der Waals surface area contributed by atoms with Gasteiger partial charge >= 0.3 is 0 Å². The second kappa shape index (κ2) is 5.52. The lowest BCUT2D eigenvalue weighted by Crippen LogP contribution is -2.16. The molecule has 0 spiro atoms. The largest absolute Gasteiger partial charge is 0.281 e. The minimum absolute atomic E-state index is 0.584. The van der Waals surface area contributed by atoms with Crippen molar-refractivity contribution in [2.45, 2.75) is 45.4 Å². The summed E-state index contributed by atoms with van der Waals surface area (Å²) >= 11 is 0. The molecule has 0 bridgehead atoms. The maximum Gasteiger partial charge on any atom is 0.0958 e. The fourth-order valence-corrected chi connectivity index (χ4v) is 4.09. The average Bonchev–Trinajstić information content (AvgIpc) is 3.00. The molecule has 2 atom stereocenters. The zero-order valence-electron chi connectivity index (χ0n) is 14.1. The second-order valence-corrected chi connectivity index (χ2v) is 7.29. The van der Waals surface area contributed by atoms with Crippen molar-refractivity contribution < 1.29 is 0 Å². The van der Waals surface area contributed by atoms with E-state index in [-0.39, 0.29) is 0 Å². The van der Waals surface area contributed by atoms with E-state index < -0.39 is 0 Å². The summed E-state index contributed by atoms with van der Waals surface area (Å²) in [4.78, 5) is 0. The lowest BCUT2D eigenvalue weighted by Gasteiger charge is -2.29. The standard InChI is InChI=1S/C21H24N2/c1-13(2)18-11-8-14(3)19-20(22-23-21(18)19)17-10-9-15-6-4-5-7-16(15)12-17/h4-7,9-10,12-14,18H,8,11H2,1-3H3,(H,22,23). The van der Waals surface area contributed by atoms with E-state index in [4.69, 9.17) is 5.10 Å². The lowest BCUT2D eigenvalue weighted by molar-refractivity contribution is 0.403. The van der Waals surface area contributed by atoms with Crippen molar-refractivity contribution in [1.29, 1.82) is 0 Å². The molecule has 23 heavy (non-hydrogen) atoms. The minimum atomic E-state index is 0.584. The number of hydrogen-bond acceptors (Lipinski definition) is 1. The summed E-state index contributed by atoms with van der Waals surface area (Å²) in [6.45, 7) is 6.98. The van der Waals surface area contributed by atoms with Crippen molar-refractivity contribution in [1.82, 2.24) is 10.2 Å². The zero-order chi connectivity index (χ0) is 16.0. The minimum Gasteiger partial charge on any atom is -0.281 e. The van der Waals surface area contributed by atoms with Gasteiger partial charge in [-0.15, -0.1) is 0 Å². The van der Waals surface area contributed by atoms with E-state index in [2.05, 4.69) is 68.3 Å². The highest BCUT2D eigenvalue weighted by Gasteiger charge is 2.31. The molecule has 1 aromatic heterocycles. The van der Waals surface area contributed by atoms with E-state index in [0.717, 1.165) is 5.69 Å². The van der Waals surface area contributed by atoms with E-state index in [9.17, 15) is 0 Å². The van der Waals surface area contributed by atoms with Gasteiger partial charge in [0.2, 0.25) is 0 Å². The number of aromatic amines is 1.